The molecule has 0 aliphatic rings. The van der Waals surface area contributed by atoms with E-state index in [1.807, 2.05) is 102 Å². The van der Waals surface area contributed by atoms with Crippen molar-refractivity contribution >= 4 is 16.9 Å². The number of aromatic nitrogens is 1. The number of aryl methyl sites for hydroxylation is 1. The van der Waals surface area contributed by atoms with Crippen molar-refractivity contribution in [3.63, 3.8) is 0 Å². The smallest absolute Gasteiger partial charge is 0.307 e. The van der Waals surface area contributed by atoms with Crippen molar-refractivity contribution in [3.8, 4) is 17.0 Å². The second-order valence-corrected chi connectivity index (χ2v) is 8.90. The van der Waals surface area contributed by atoms with Crippen molar-refractivity contribution < 1.29 is 19.0 Å². The van der Waals surface area contributed by atoms with E-state index in [0.717, 1.165) is 33.3 Å². The third-order valence-corrected chi connectivity index (χ3v) is 6.34. The fourth-order valence-electron chi connectivity index (χ4n) is 4.51. The van der Waals surface area contributed by atoms with E-state index in [1.54, 1.807) is 6.07 Å². The number of nitrogens with zero attached hydrogens (tertiary/aromatic N) is 1. The Kier molecular flexibility index (Phi) is 6.54. The first-order valence-electron chi connectivity index (χ1n) is 11.8. The molecule has 0 radical (unpaired) electrons. The van der Waals surface area contributed by atoms with Crippen molar-refractivity contribution in [3.05, 3.63) is 125 Å². The minimum atomic E-state index is -0.867. The zero-order chi connectivity index (χ0) is 25.1. The average molecular weight is 480 g/mol. The summed E-state index contributed by atoms with van der Waals surface area (Å²) in [7, 11) is 0. The maximum absolute atomic E-state index is 16.1. The molecule has 180 valence electrons. The molecule has 0 spiro atoms. The van der Waals surface area contributed by atoms with E-state index < -0.39 is 5.97 Å². The number of hydrogen-bond acceptors (Lipinski definition) is 2. The van der Waals surface area contributed by atoms with Gasteiger partial charge in [-0.3, -0.25) is 4.79 Å². The summed E-state index contributed by atoms with van der Waals surface area (Å²) in [6.45, 7) is 2.83. The van der Waals surface area contributed by atoms with Gasteiger partial charge in [0, 0.05) is 17.5 Å². The lowest BCUT2D eigenvalue weighted by atomic mass is 10.0. The van der Waals surface area contributed by atoms with Gasteiger partial charge in [0.05, 0.1) is 17.6 Å². The SMILES string of the molecule is Cc1ccccc1-c1c(F)c2cc(OCc3ccccc3)ccc2n1Cc1ccc(CC(=O)O)cc1. The van der Waals surface area contributed by atoms with Crippen LogP contribution >= 0.6 is 0 Å². The number of aliphatic carboxylic acids is 1. The van der Waals surface area contributed by atoms with E-state index in [2.05, 4.69) is 0 Å². The molecular weight excluding hydrogens is 453 g/mol. The first-order chi connectivity index (χ1) is 17.5. The summed E-state index contributed by atoms with van der Waals surface area (Å²) in [6, 6.07) is 30.6. The highest BCUT2D eigenvalue weighted by molar-refractivity contribution is 5.90. The Morgan fingerprint density at radius 3 is 2.28 bits per heavy atom. The fourth-order valence-corrected chi connectivity index (χ4v) is 4.51. The van der Waals surface area contributed by atoms with Crippen LogP contribution in [0.3, 0.4) is 0 Å². The number of carboxylic acid groups (broad SMARTS) is 1. The van der Waals surface area contributed by atoms with Crippen LogP contribution in [0.5, 0.6) is 5.75 Å². The van der Waals surface area contributed by atoms with Crippen LogP contribution in [0.15, 0.2) is 97.1 Å². The molecular formula is C31H26FNO3. The highest BCUT2D eigenvalue weighted by atomic mass is 19.1. The summed E-state index contributed by atoms with van der Waals surface area (Å²) in [4.78, 5) is 11.0. The molecule has 5 aromatic rings. The number of fused-ring (bicyclic) bond motifs is 1. The number of benzene rings is 4. The average Bonchev–Trinajstić information content (AvgIpc) is 3.15. The van der Waals surface area contributed by atoms with E-state index in [4.69, 9.17) is 9.84 Å². The molecule has 0 aliphatic carbocycles. The van der Waals surface area contributed by atoms with Crippen LogP contribution < -0.4 is 4.74 Å². The number of rotatable bonds is 8. The quantitative estimate of drug-likeness (QED) is 0.260. The summed E-state index contributed by atoms with van der Waals surface area (Å²) < 4.78 is 24.0. The second kappa shape index (κ2) is 10.1. The Morgan fingerprint density at radius 1 is 0.861 bits per heavy atom. The van der Waals surface area contributed by atoms with Gasteiger partial charge < -0.3 is 14.4 Å². The van der Waals surface area contributed by atoms with Gasteiger partial charge in [-0.1, -0.05) is 78.9 Å². The zero-order valence-electron chi connectivity index (χ0n) is 19.9. The standard InChI is InChI=1S/C31H26FNO3/c1-21-7-5-6-10-26(21)31-30(32)27-18-25(36-20-24-8-3-2-4-9-24)15-16-28(27)33(31)19-23-13-11-22(12-14-23)17-29(34)35/h2-16,18H,17,19-20H2,1H3,(H,34,35). The summed E-state index contributed by atoms with van der Waals surface area (Å²) in [5, 5.41) is 9.55. The Balaban J connectivity index is 1.55. The fraction of sp³-hybridized carbons (Fsp3) is 0.129. The molecule has 0 bridgehead atoms. The summed E-state index contributed by atoms with van der Waals surface area (Å²) in [5.41, 5.74) is 5.85. The molecule has 0 saturated heterocycles. The van der Waals surface area contributed by atoms with Gasteiger partial charge in [-0.05, 0) is 47.4 Å². The lowest BCUT2D eigenvalue weighted by Crippen LogP contribution is -2.04. The Bertz CT molecular complexity index is 1520. The molecule has 36 heavy (non-hydrogen) atoms. The highest BCUT2D eigenvalue weighted by Crippen LogP contribution is 2.36. The van der Waals surface area contributed by atoms with E-state index in [1.165, 1.54) is 0 Å². The van der Waals surface area contributed by atoms with Crippen LogP contribution in [-0.2, 0) is 24.4 Å². The largest absolute Gasteiger partial charge is 0.489 e. The van der Waals surface area contributed by atoms with Crippen LogP contribution in [0.4, 0.5) is 4.39 Å². The highest BCUT2D eigenvalue weighted by Gasteiger charge is 2.21. The Labute approximate surface area is 209 Å². The van der Waals surface area contributed by atoms with E-state index >= 15 is 4.39 Å². The van der Waals surface area contributed by atoms with Gasteiger partial charge in [0.1, 0.15) is 12.4 Å². The topological polar surface area (TPSA) is 51.5 Å². The van der Waals surface area contributed by atoms with Crippen LogP contribution in [0, 0.1) is 12.7 Å². The number of halogens is 1. The molecule has 0 saturated carbocycles. The van der Waals surface area contributed by atoms with Gasteiger partial charge >= 0.3 is 5.97 Å². The minimum absolute atomic E-state index is 0.0262. The number of carboxylic acids is 1. The summed E-state index contributed by atoms with van der Waals surface area (Å²) in [6.07, 6.45) is -0.0262. The molecule has 0 unspecified atom stereocenters. The molecule has 5 rings (SSSR count). The number of carbonyl (C=O) groups is 1. The molecule has 0 fully saturated rings. The van der Waals surface area contributed by atoms with Crippen molar-refractivity contribution in [1.29, 1.82) is 0 Å². The van der Waals surface area contributed by atoms with E-state index in [0.29, 0.717) is 30.0 Å². The van der Waals surface area contributed by atoms with Gasteiger partial charge in [-0.2, -0.15) is 0 Å². The third-order valence-electron chi connectivity index (χ3n) is 6.34. The van der Waals surface area contributed by atoms with Gasteiger partial charge in [0.15, 0.2) is 5.82 Å². The molecule has 4 nitrogen and oxygen atoms in total. The lowest BCUT2D eigenvalue weighted by molar-refractivity contribution is -0.136. The second-order valence-electron chi connectivity index (χ2n) is 8.90. The van der Waals surface area contributed by atoms with Crippen LogP contribution in [0.1, 0.15) is 22.3 Å². The monoisotopic (exact) mass is 479 g/mol. The van der Waals surface area contributed by atoms with Gasteiger partial charge in [0.2, 0.25) is 0 Å². The van der Waals surface area contributed by atoms with Crippen LogP contribution in [-0.4, -0.2) is 15.6 Å². The molecule has 0 aliphatic heterocycles. The van der Waals surface area contributed by atoms with Gasteiger partial charge in [-0.25, -0.2) is 4.39 Å². The molecule has 4 aromatic carbocycles. The maximum Gasteiger partial charge on any atom is 0.307 e. The first-order valence-corrected chi connectivity index (χ1v) is 11.8. The molecule has 1 heterocycles. The molecule has 5 heteroatoms. The summed E-state index contributed by atoms with van der Waals surface area (Å²) >= 11 is 0. The van der Waals surface area contributed by atoms with Crippen molar-refractivity contribution in [2.45, 2.75) is 26.5 Å². The van der Waals surface area contributed by atoms with Gasteiger partial charge in [0.25, 0.3) is 0 Å². The Hall–Kier alpha value is -4.38. The summed E-state index contributed by atoms with van der Waals surface area (Å²) in [5.74, 6) is -0.544. The Morgan fingerprint density at radius 2 is 1.56 bits per heavy atom. The number of hydrogen-bond donors (Lipinski definition) is 1. The van der Waals surface area contributed by atoms with Crippen LogP contribution in [0.25, 0.3) is 22.2 Å². The third kappa shape index (κ3) is 4.86. The molecule has 1 aromatic heterocycles. The first kappa shape index (κ1) is 23.4. The predicted molar refractivity (Wildman–Crippen MR) is 140 cm³/mol. The van der Waals surface area contributed by atoms with Gasteiger partial charge in [-0.15, -0.1) is 0 Å². The van der Waals surface area contributed by atoms with Crippen LogP contribution in [0.2, 0.25) is 0 Å². The minimum Gasteiger partial charge on any atom is -0.489 e. The van der Waals surface area contributed by atoms with Crippen molar-refractivity contribution in [1.82, 2.24) is 4.57 Å². The van der Waals surface area contributed by atoms with E-state index in [9.17, 15) is 4.79 Å². The van der Waals surface area contributed by atoms with E-state index in [-0.39, 0.29) is 12.2 Å². The normalized spacial score (nSPS) is 11.1. The molecule has 0 amide bonds. The maximum atomic E-state index is 16.1. The number of ether oxygens (including phenoxy) is 1. The predicted octanol–water partition coefficient (Wildman–Crippen LogP) is 7.01. The zero-order valence-corrected chi connectivity index (χ0v) is 19.9. The molecule has 0 atom stereocenters. The van der Waals surface area contributed by atoms with Crippen molar-refractivity contribution in [2.75, 3.05) is 0 Å². The van der Waals surface area contributed by atoms with Crippen molar-refractivity contribution in [2.24, 2.45) is 0 Å². The lowest BCUT2D eigenvalue weighted by Gasteiger charge is -2.13. The molecule has 1 N–H and O–H groups in total.